The third-order valence-electron chi connectivity index (χ3n) is 11.9. The van der Waals surface area contributed by atoms with Gasteiger partial charge in [-0.25, -0.2) is 15.0 Å². The van der Waals surface area contributed by atoms with Crippen LogP contribution in [0.15, 0.2) is 66.6 Å². The average molecular weight is 993 g/mol. The number of fused-ring (bicyclic) bond motifs is 1. The van der Waals surface area contributed by atoms with Crippen molar-refractivity contribution in [1.82, 2.24) is 40.4 Å². The second-order valence-corrected chi connectivity index (χ2v) is 19.1. The van der Waals surface area contributed by atoms with Crippen molar-refractivity contribution in [2.75, 3.05) is 51.9 Å². The first-order valence-corrected chi connectivity index (χ1v) is 23.8. The van der Waals surface area contributed by atoms with Crippen LogP contribution in [0.2, 0.25) is 5.02 Å². The lowest BCUT2D eigenvalue weighted by Gasteiger charge is -2.35. The number of anilines is 1. The Morgan fingerprint density at radius 2 is 1.74 bits per heavy atom. The fourth-order valence-electron chi connectivity index (χ4n) is 8.20. The topological polar surface area (TPSA) is 275 Å². The molecule has 4 amide bonds. The number of aliphatic hydroxyl groups excluding tert-OH is 3. The Bertz CT molecular complexity index is 2590. The lowest BCUT2D eigenvalue weighted by Crippen LogP contribution is -2.58. The summed E-state index contributed by atoms with van der Waals surface area (Å²) in [4.78, 5) is 68.0. The molecule has 2 fully saturated rings. The van der Waals surface area contributed by atoms with Gasteiger partial charge in [-0.05, 0) is 60.1 Å². The van der Waals surface area contributed by atoms with Crippen LogP contribution >= 0.6 is 22.9 Å². The van der Waals surface area contributed by atoms with Crippen LogP contribution < -0.4 is 26.4 Å². The molecule has 0 spiro atoms. The second-order valence-electron chi connectivity index (χ2n) is 17.9. The van der Waals surface area contributed by atoms with E-state index in [2.05, 4.69) is 30.9 Å². The number of carbonyl (C=O) groups is 4. The van der Waals surface area contributed by atoms with E-state index in [0.717, 1.165) is 21.7 Å². The molecule has 0 aliphatic carbocycles. The number of nitrogens with one attached hydrogen (secondary N) is 3. The van der Waals surface area contributed by atoms with E-state index in [1.807, 2.05) is 57.5 Å². The molecule has 5 heterocycles. The minimum atomic E-state index is -1.48. The first kappa shape index (κ1) is 51.1. The number of ether oxygens (including phenoxy) is 4. The van der Waals surface area contributed by atoms with Gasteiger partial charge in [0.15, 0.2) is 12.8 Å². The Morgan fingerprint density at radius 3 is 2.48 bits per heavy atom. The maximum absolute atomic E-state index is 13.9. The number of amides is 4. The van der Waals surface area contributed by atoms with Crippen LogP contribution in [0.5, 0.6) is 5.75 Å². The van der Waals surface area contributed by atoms with Crippen LogP contribution in [0.4, 0.5) is 5.82 Å². The quantitative estimate of drug-likeness (QED) is 0.0553. The van der Waals surface area contributed by atoms with Gasteiger partial charge < -0.3 is 65.4 Å². The van der Waals surface area contributed by atoms with Gasteiger partial charge in [-0.15, -0.1) is 11.3 Å². The maximum Gasteiger partial charge on any atom is 0.258 e. The summed E-state index contributed by atoms with van der Waals surface area (Å²) in [7, 11) is 0. The van der Waals surface area contributed by atoms with Crippen molar-refractivity contribution in [2.24, 2.45) is 5.41 Å². The number of halogens is 1. The van der Waals surface area contributed by atoms with Gasteiger partial charge in [0.1, 0.15) is 66.6 Å². The van der Waals surface area contributed by atoms with Gasteiger partial charge in [0.05, 0.1) is 46.3 Å². The second kappa shape index (κ2) is 22.8. The fraction of sp³-hybridized carbons (Fsp3) is 0.468. The molecule has 2 aromatic carbocycles. The summed E-state index contributed by atoms with van der Waals surface area (Å²) in [5, 5.41) is 42.1. The number of nitrogens with zero attached hydrogens (tertiary/aromatic N) is 5. The predicted molar refractivity (Wildman–Crippen MR) is 255 cm³/mol. The van der Waals surface area contributed by atoms with Crippen LogP contribution in [-0.4, -0.2) is 140 Å². The zero-order chi connectivity index (χ0) is 49.4. The highest BCUT2D eigenvalue weighted by Crippen LogP contribution is 2.39. The fourth-order valence-corrected chi connectivity index (χ4v) is 9.18. The van der Waals surface area contributed by atoms with Crippen molar-refractivity contribution >= 4 is 63.4 Å². The number of aromatic nitrogens is 4. The molecule has 0 bridgehead atoms. The zero-order valence-electron chi connectivity index (χ0n) is 38.7. The van der Waals surface area contributed by atoms with Crippen molar-refractivity contribution in [3.8, 4) is 16.2 Å². The minimum Gasteiger partial charge on any atom is -0.482 e. The van der Waals surface area contributed by atoms with Crippen molar-refractivity contribution < 1.29 is 53.4 Å². The van der Waals surface area contributed by atoms with Gasteiger partial charge in [-0.2, -0.15) is 0 Å². The number of carbonyl (C=O) groups excluding carboxylic acids is 4. The van der Waals surface area contributed by atoms with E-state index in [0.29, 0.717) is 37.0 Å². The van der Waals surface area contributed by atoms with Crippen LogP contribution in [-0.2, 0) is 39.9 Å². The summed E-state index contributed by atoms with van der Waals surface area (Å²) in [6, 6.07) is 12.4. The number of thiazole rings is 1. The summed E-state index contributed by atoms with van der Waals surface area (Å²) in [5.41, 5.74) is 10.7. The van der Waals surface area contributed by atoms with E-state index in [1.54, 1.807) is 28.5 Å². The lowest BCUT2D eigenvalue weighted by atomic mass is 9.85. The Labute approximate surface area is 407 Å². The number of rotatable bonds is 20. The first-order chi connectivity index (χ1) is 33.0. The zero-order valence-corrected chi connectivity index (χ0v) is 40.2. The first-order valence-electron chi connectivity index (χ1n) is 22.5. The summed E-state index contributed by atoms with van der Waals surface area (Å²) >= 11 is 7.91. The van der Waals surface area contributed by atoms with E-state index < -0.39 is 66.6 Å². The summed E-state index contributed by atoms with van der Waals surface area (Å²) in [5.74, 6) is -1.23. The number of hydrogen-bond donors (Lipinski definition) is 7. The molecule has 5 aromatic rings. The van der Waals surface area contributed by atoms with Crippen LogP contribution in [0.25, 0.3) is 21.5 Å². The predicted octanol–water partition coefficient (Wildman–Crippen LogP) is 2.82. The van der Waals surface area contributed by atoms with E-state index >= 15 is 0 Å². The van der Waals surface area contributed by atoms with Gasteiger partial charge in [0.2, 0.25) is 17.7 Å². The van der Waals surface area contributed by atoms with Gasteiger partial charge in [-0.3, -0.25) is 19.2 Å². The molecule has 8 N–H and O–H groups in total. The number of nitrogens with two attached hydrogens (primary N) is 1. The molecule has 0 unspecified atom stereocenters. The molecule has 2 aliphatic rings. The third-order valence-corrected chi connectivity index (χ3v) is 13.2. The van der Waals surface area contributed by atoms with Gasteiger partial charge in [0.25, 0.3) is 5.91 Å². The van der Waals surface area contributed by atoms with Crippen LogP contribution in [0.3, 0.4) is 0 Å². The Kier molecular flexibility index (Phi) is 16.8. The van der Waals surface area contributed by atoms with Gasteiger partial charge in [0, 0.05) is 25.8 Å². The Hall–Kier alpha value is -5.78. The highest BCUT2D eigenvalue weighted by molar-refractivity contribution is 7.13. The molecule has 2 saturated heterocycles. The molecular weight excluding hydrogens is 934 g/mol. The van der Waals surface area contributed by atoms with E-state index in [-0.39, 0.29) is 66.9 Å². The molecule has 7 rings (SSSR count). The molecule has 0 radical (unpaired) electrons. The molecule has 69 heavy (non-hydrogen) atoms. The molecule has 20 nitrogen and oxygen atoms in total. The smallest absolute Gasteiger partial charge is 0.258 e. The number of likely N-dealkylation sites (tertiary alicyclic amines) is 1. The largest absolute Gasteiger partial charge is 0.482 e. The highest BCUT2D eigenvalue weighted by atomic mass is 35.5. The molecule has 22 heteroatoms. The SMILES string of the molecule is Cc1ncsc1-c1ccc(CNC(=O)[C@@H]2CCCN2C(=O)[C@@H](NC(=O)COCCOCCNC(=O)COc2cc([C@@H](O)[C@H]3O[C@@H](n4ccc5c(N)ncnc54)[C@H](O)[C@@H]3O)ccc2Cl)C(C)(C)C)cc1. The third kappa shape index (κ3) is 12.3. The van der Waals surface area contributed by atoms with Crippen molar-refractivity contribution in [1.29, 1.82) is 0 Å². The van der Waals surface area contributed by atoms with Crippen LogP contribution in [0, 0.1) is 12.3 Å². The van der Waals surface area contributed by atoms with Crippen molar-refractivity contribution in [2.45, 2.75) is 89.8 Å². The van der Waals surface area contributed by atoms with Gasteiger partial charge in [-0.1, -0.05) is 62.7 Å². The van der Waals surface area contributed by atoms with Crippen LogP contribution in [0.1, 0.15) is 62.8 Å². The number of hydrogen-bond acceptors (Lipinski definition) is 16. The van der Waals surface area contributed by atoms with Crippen molar-refractivity contribution in [3.05, 3.63) is 88.4 Å². The molecule has 370 valence electrons. The summed E-state index contributed by atoms with van der Waals surface area (Å²) < 4.78 is 24.1. The molecule has 0 saturated carbocycles. The standard InChI is InChI=1S/C47H58ClN9O11S/c1-26-40(69-25-54-26)28-9-7-27(8-10-28)21-51-44(63)32-6-5-15-56(32)45(64)41(47(2,3)4)55-35(59)22-66-19-18-65-17-14-50-34(58)23-67-33-20-29(11-12-31(33)48)36(60)39-37(61)38(62)46(68-39)57-16-13-30-42(49)52-24-53-43(30)57/h7-13,16,20,24-25,32,36-39,41,46,60-62H,5-6,14-15,17-19,21-23H2,1-4H3,(H,50,58)(H,51,63)(H,55,59)(H2,49,52,53)/t32-,36+,37-,38+,39+,41+,46+/m0/s1. The van der Waals surface area contributed by atoms with E-state index in [4.69, 9.17) is 36.3 Å². The molecule has 3 aromatic heterocycles. The number of aryl methyl sites for hydroxylation is 1. The lowest BCUT2D eigenvalue weighted by molar-refractivity contribution is -0.144. The Balaban J connectivity index is 0.784. The van der Waals surface area contributed by atoms with Gasteiger partial charge >= 0.3 is 0 Å². The summed E-state index contributed by atoms with van der Waals surface area (Å²) in [6.07, 6.45) is -2.64. The molecular formula is C47H58ClN9O11S. The summed E-state index contributed by atoms with van der Waals surface area (Å²) in [6.45, 7) is 7.93. The minimum absolute atomic E-state index is 0.0666. The number of aliphatic hydroxyl groups is 3. The molecule has 2 aliphatic heterocycles. The molecule has 7 atom stereocenters. The number of nitrogen functional groups attached to an aromatic ring is 1. The van der Waals surface area contributed by atoms with E-state index in [1.165, 1.54) is 29.1 Å². The van der Waals surface area contributed by atoms with Crippen molar-refractivity contribution in [3.63, 3.8) is 0 Å². The normalized spacial score (nSPS) is 20.2. The Morgan fingerprint density at radius 1 is 0.971 bits per heavy atom. The monoisotopic (exact) mass is 991 g/mol. The van der Waals surface area contributed by atoms with E-state index in [9.17, 15) is 34.5 Å². The highest BCUT2D eigenvalue weighted by Gasteiger charge is 2.48. The average Bonchev–Trinajstić information content (AvgIpc) is 4.15. The maximum atomic E-state index is 13.9. The number of benzene rings is 2.